The van der Waals surface area contributed by atoms with Crippen molar-refractivity contribution in [1.29, 1.82) is 0 Å². The van der Waals surface area contributed by atoms with E-state index in [0.717, 1.165) is 18.4 Å². The van der Waals surface area contributed by atoms with Gasteiger partial charge in [-0.2, -0.15) is 0 Å². The fourth-order valence-corrected chi connectivity index (χ4v) is 4.27. The molecule has 20 heavy (non-hydrogen) atoms. The van der Waals surface area contributed by atoms with Gasteiger partial charge in [0.2, 0.25) is 0 Å². The summed E-state index contributed by atoms with van der Waals surface area (Å²) in [6.45, 7) is 5.64. The Morgan fingerprint density at radius 3 is 2.90 bits per heavy atom. The largest absolute Gasteiger partial charge is 0.329 e. The van der Waals surface area contributed by atoms with Crippen LogP contribution >= 0.6 is 0 Å². The molecular weight excluding hydrogens is 244 g/mol. The van der Waals surface area contributed by atoms with Crippen LogP contribution < -0.4 is 5.73 Å². The molecule has 2 nitrogen and oxygen atoms in total. The fourth-order valence-electron chi connectivity index (χ4n) is 4.27. The molecule has 1 aliphatic heterocycles. The number of hydrogen-bond donors (Lipinski definition) is 1. The van der Waals surface area contributed by atoms with Crippen LogP contribution in [0.5, 0.6) is 0 Å². The van der Waals surface area contributed by atoms with Crippen LogP contribution in [0.1, 0.15) is 49.7 Å². The van der Waals surface area contributed by atoms with E-state index in [2.05, 4.69) is 36.1 Å². The third kappa shape index (κ3) is 2.77. The number of nitrogens with two attached hydrogens (primary N) is 1. The van der Waals surface area contributed by atoms with Crippen molar-refractivity contribution < 1.29 is 0 Å². The van der Waals surface area contributed by atoms with E-state index < -0.39 is 0 Å². The lowest BCUT2D eigenvalue weighted by Crippen LogP contribution is -2.50. The first-order valence-corrected chi connectivity index (χ1v) is 8.31. The Balaban J connectivity index is 1.74. The standard InChI is InChI=1S/C18H28N2/c1-14-6-5-11-20(18(14)12-19)13-16-9-4-8-15-7-2-3-10-17(15)16/h2-3,7,10,14,16,18H,4-6,8-9,11-13,19H2,1H3. The van der Waals surface area contributed by atoms with Gasteiger partial charge in [-0.05, 0) is 61.6 Å². The Kier molecular flexibility index (Phi) is 4.42. The van der Waals surface area contributed by atoms with Crippen LogP contribution in [0.25, 0.3) is 0 Å². The van der Waals surface area contributed by atoms with Gasteiger partial charge < -0.3 is 5.73 Å². The maximum Gasteiger partial charge on any atom is 0.0244 e. The number of rotatable bonds is 3. The third-order valence-corrected chi connectivity index (χ3v) is 5.42. The molecule has 0 aromatic heterocycles. The van der Waals surface area contributed by atoms with Crippen molar-refractivity contribution in [3.05, 3.63) is 35.4 Å². The molecule has 2 aliphatic rings. The van der Waals surface area contributed by atoms with E-state index in [1.807, 2.05) is 0 Å². The summed E-state index contributed by atoms with van der Waals surface area (Å²) in [6, 6.07) is 9.66. The second-order valence-electron chi connectivity index (χ2n) is 6.71. The van der Waals surface area contributed by atoms with E-state index in [-0.39, 0.29) is 0 Å². The molecule has 0 spiro atoms. The molecule has 1 aliphatic carbocycles. The summed E-state index contributed by atoms with van der Waals surface area (Å²) >= 11 is 0. The van der Waals surface area contributed by atoms with Crippen LogP contribution in [0, 0.1) is 5.92 Å². The minimum atomic E-state index is 0.595. The first-order chi connectivity index (χ1) is 9.79. The van der Waals surface area contributed by atoms with Crippen LogP contribution in [0.4, 0.5) is 0 Å². The van der Waals surface area contributed by atoms with Crippen LogP contribution in [-0.2, 0) is 6.42 Å². The number of benzene rings is 1. The number of fused-ring (bicyclic) bond motifs is 1. The molecule has 1 saturated heterocycles. The summed E-state index contributed by atoms with van der Waals surface area (Å²) in [5.74, 6) is 1.48. The van der Waals surface area contributed by atoms with Gasteiger partial charge in [0, 0.05) is 19.1 Å². The van der Waals surface area contributed by atoms with Crippen molar-refractivity contribution >= 4 is 0 Å². The molecule has 2 heteroatoms. The summed E-state index contributed by atoms with van der Waals surface area (Å²) in [7, 11) is 0. The van der Waals surface area contributed by atoms with Crippen molar-refractivity contribution in [1.82, 2.24) is 4.90 Å². The van der Waals surface area contributed by atoms with Crippen molar-refractivity contribution in [2.24, 2.45) is 11.7 Å². The predicted octanol–water partition coefficient (Wildman–Crippen LogP) is 3.17. The minimum Gasteiger partial charge on any atom is -0.329 e. The van der Waals surface area contributed by atoms with Crippen LogP contribution in [-0.4, -0.2) is 30.6 Å². The quantitative estimate of drug-likeness (QED) is 0.916. The van der Waals surface area contributed by atoms with Gasteiger partial charge in [0.25, 0.3) is 0 Å². The highest BCUT2D eigenvalue weighted by molar-refractivity contribution is 5.32. The molecule has 1 fully saturated rings. The normalized spacial score (nSPS) is 31.0. The van der Waals surface area contributed by atoms with E-state index in [1.165, 1.54) is 45.2 Å². The fraction of sp³-hybridized carbons (Fsp3) is 0.667. The van der Waals surface area contributed by atoms with Gasteiger partial charge in [-0.3, -0.25) is 4.90 Å². The molecule has 3 atom stereocenters. The maximum atomic E-state index is 6.04. The van der Waals surface area contributed by atoms with Gasteiger partial charge in [0.05, 0.1) is 0 Å². The zero-order valence-electron chi connectivity index (χ0n) is 12.7. The van der Waals surface area contributed by atoms with Gasteiger partial charge in [0.15, 0.2) is 0 Å². The lowest BCUT2D eigenvalue weighted by atomic mass is 9.81. The summed E-state index contributed by atoms with van der Waals surface area (Å²) in [5, 5.41) is 0. The topological polar surface area (TPSA) is 29.3 Å². The third-order valence-electron chi connectivity index (χ3n) is 5.42. The van der Waals surface area contributed by atoms with E-state index in [1.54, 1.807) is 11.1 Å². The molecule has 0 bridgehead atoms. The zero-order chi connectivity index (χ0) is 13.9. The number of hydrogen-bond acceptors (Lipinski definition) is 2. The van der Waals surface area contributed by atoms with Crippen LogP contribution in [0.3, 0.4) is 0 Å². The first kappa shape index (κ1) is 14.1. The molecule has 1 aromatic carbocycles. The van der Waals surface area contributed by atoms with E-state index in [9.17, 15) is 0 Å². The van der Waals surface area contributed by atoms with E-state index >= 15 is 0 Å². The number of piperidine rings is 1. The lowest BCUT2D eigenvalue weighted by Gasteiger charge is -2.42. The molecular formula is C18H28N2. The molecule has 3 unspecified atom stereocenters. The summed E-state index contributed by atoms with van der Waals surface area (Å²) in [4.78, 5) is 2.68. The lowest BCUT2D eigenvalue weighted by molar-refractivity contribution is 0.0970. The molecule has 1 aromatic rings. The van der Waals surface area contributed by atoms with Gasteiger partial charge >= 0.3 is 0 Å². The molecule has 3 rings (SSSR count). The highest BCUT2D eigenvalue weighted by Crippen LogP contribution is 2.34. The van der Waals surface area contributed by atoms with Crippen molar-refractivity contribution in [2.75, 3.05) is 19.6 Å². The van der Waals surface area contributed by atoms with Crippen molar-refractivity contribution in [2.45, 2.75) is 51.0 Å². The smallest absolute Gasteiger partial charge is 0.0244 e. The second-order valence-corrected chi connectivity index (χ2v) is 6.71. The second kappa shape index (κ2) is 6.28. The Morgan fingerprint density at radius 2 is 2.05 bits per heavy atom. The predicted molar refractivity (Wildman–Crippen MR) is 84.9 cm³/mol. The van der Waals surface area contributed by atoms with Gasteiger partial charge in [0.1, 0.15) is 0 Å². The minimum absolute atomic E-state index is 0.595. The van der Waals surface area contributed by atoms with E-state index in [0.29, 0.717) is 6.04 Å². The summed E-state index contributed by atoms with van der Waals surface area (Å²) in [6.07, 6.45) is 6.65. The monoisotopic (exact) mass is 272 g/mol. The first-order valence-electron chi connectivity index (χ1n) is 8.31. The molecule has 0 radical (unpaired) electrons. The summed E-state index contributed by atoms with van der Waals surface area (Å²) in [5.41, 5.74) is 9.23. The van der Waals surface area contributed by atoms with Gasteiger partial charge in [-0.15, -0.1) is 0 Å². The molecule has 0 amide bonds. The number of likely N-dealkylation sites (tertiary alicyclic amines) is 1. The number of aryl methyl sites for hydroxylation is 1. The summed E-state index contributed by atoms with van der Waals surface area (Å²) < 4.78 is 0. The molecule has 0 saturated carbocycles. The van der Waals surface area contributed by atoms with Crippen LogP contribution in [0.2, 0.25) is 0 Å². The van der Waals surface area contributed by atoms with Crippen molar-refractivity contribution in [3.8, 4) is 0 Å². The Bertz CT molecular complexity index is 443. The highest BCUT2D eigenvalue weighted by Gasteiger charge is 2.30. The Hall–Kier alpha value is -0.860. The average Bonchev–Trinajstić information content (AvgIpc) is 2.48. The van der Waals surface area contributed by atoms with Crippen LogP contribution in [0.15, 0.2) is 24.3 Å². The van der Waals surface area contributed by atoms with Gasteiger partial charge in [-0.1, -0.05) is 31.2 Å². The van der Waals surface area contributed by atoms with Crippen molar-refractivity contribution in [3.63, 3.8) is 0 Å². The maximum absolute atomic E-state index is 6.04. The zero-order valence-corrected chi connectivity index (χ0v) is 12.7. The Labute approximate surface area is 123 Å². The molecule has 2 N–H and O–H groups in total. The highest BCUT2D eigenvalue weighted by atomic mass is 15.2. The van der Waals surface area contributed by atoms with Gasteiger partial charge in [-0.25, -0.2) is 0 Å². The average molecular weight is 272 g/mol. The SMILES string of the molecule is CC1CCCN(CC2CCCc3ccccc32)C1CN. The number of nitrogens with zero attached hydrogens (tertiary/aromatic N) is 1. The molecule has 110 valence electrons. The molecule has 1 heterocycles. The Morgan fingerprint density at radius 1 is 1.20 bits per heavy atom. The van der Waals surface area contributed by atoms with E-state index in [4.69, 9.17) is 5.73 Å².